The molecule has 2 aromatic carbocycles. The van der Waals surface area contributed by atoms with Crippen LogP contribution >= 0.6 is 0 Å². The van der Waals surface area contributed by atoms with E-state index in [2.05, 4.69) is 29.6 Å². The Morgan fingerprint density at radius 1 is 0.842 bits per heavy atom. The molecule has 0 aliphatic carbocycles. The second-order valence-corrected chi connectivity index (χ2v) is 4.52. The predicted octanol–water partition coefficient (Wildman–Crippen LogP) is 2.83. The molecule has 0 amide bonds. The van der Waals surface area contributed by atoms with Crippen LogP contribution in [0.5, 0.6) is 5.75 Å². The Kier molecular flexibility index (Phi) is 4.95. The van der Waals surface area contributed by atoms with E-state index in [1.165, 1.54) is 11.1 Å². The third-order valence-electron chi connectivity index (χ3n) is 2.93. The highest BCUT2D eigenvalue weighted by atomic mass is 16.5. The quantitative estimate of drug-likeness (QED) is 0.836. The minimum Gasteiger partial charge on any atom is -0.508 e. The van der Waals surface area contributed by atoms with Gasteiger partial charge in [-0.15, -0.1) is 0 Å². The van der Waals surface area contributed by atoms with Gasteiger partial charge in [-0.25, -0.2) is 0 Å². The summed E-state index contributed by atoms with van der Waals surface area (Å²) < 4.78 is 5.08. The summed E-state index contributed by atoms with van der Waals surface area (Å²) >= 11 is 0. The lowest BCUT2D eigenvalue weighted by Crippen LogP contribution is -2.12. The third kappa shape index (κ3) is 4.39. The molecule has 0 aromatic heterocycles. The normalized spacial score (nSPS) is 10.6. The number of aromatic hydroxyl groups is 1. The molecule has 2 N–H and O–H groups in total. The average Bonchev–Trinajstić information content (AvgIpc) is 2.43. The van der Waals surface area contributed by atoms with Gasteiger partial charge in [0.15, 0.2) is 0 Å². The predicted molar refractivity (Wildman–Crippen MR) is 75.8 cm³/mol. The first-order valence-electron chi connectivity index (χ1n) is 6.33. The molecule has 3 nitrogen and oxygen atoms in total. The Bertz CT molecular complexity index is 491. The molecule has 0 bridgehead atoms. The largest absolute Gasteiger partial charge is 0.508 e. The van der Waals surface area contributed by atoms with Crippen LogP contribution in [0, 0.1) is 0 Å². The van der Waals surface area contributed by atoms with Gasteiger partial charge in [-0.3, -0.25) is 0 Å². The SMILES string of the molecule is COCc1ccc(CNCc2ccc(O)cc2)cc1. The molecule has 100 valence electrons. The monoisotopic (exact) mass is 257 g/mol. The molecular formula is C16H19NO2. The maximum Gasteiger partial charge on any atom is 0.115 e. The van der Waals surface area contributed by atoms with Crippen molar-refractivity contribution in [1.29, 1.82) is 0 Å². The summed E-state index contributed by atoms with van der Waals surface area (Å²) in [6.07, 6.45) is 0. The first-order valence-corrected chi connectivity index (χ1v) is 6.33. The number of nitrogens with one attached hydrogen (secondary N) is 1. The zero-order chi connectivity index (χ0) is 13.5. The molecule has 0 saturated heterocycles. The summed E-state index contributed by atoms with van der Waals surface area (Å²) in [6, 6.07) is 15.6. The van der Waals surface area contributed by atoms with Crippen LogP contribution in [0.15, 0.2) is 48.5 Å². The summed E-state index contributed by atoms with van der Waals surface area (Å²) in [5, 5.41) is 12.6. The molecule has 0 aliphatic heterocycles. The van der Waals surface area contributed by atoms with Gasteiger partial charge in [0.1, 0.15) is 5.75 Å². The van der Waals surface area contributed by atoms with Gasteiger partial charge in [0.05, 0.1) is 6.61 Å². The van der Waals surface area contributed by atoms with Crippen LogP contribution in [-0.4, -0.2) is 12.2 Å². The van der Waals surface area contributed by atoms with E-state index in [4.69, 9.17) is 4.74 Å². The first kappa shape index (κ1) is 13.6. The highest BCUT2D eigenvalue weighted by Crippen LogP contribution is 2.10. The second-order valence-electron chi connectivity index (χ2n) is 4.52. The highest BCUT2D eigenvalue weighted by molar-refractivity contribution is 5.26. The van der Waals surface area contributed by atoms with Crippen molar-refractivity contribution in [1.82, 2.24) is 5.32 Å². The van der Waals surface area contributed by atoms with Gasteiger partial charge >= 0.3 is 0 Å². The van der Waals surface area contributed by atoms with Crippen molar-refractivity contribution in [2.75, 3.05) is 7.11 Å². The van der Waals surface area contributed by atoms with Gasteiger partial charge in [0, 0.05) is 20.2 Å². The molecule has 3 heteroatoms. The fourth-order valence-corrected chi connectivity index (χ4v) is 1.88. The average molecular weight is 257 g/mol. The third-order valence-corrected chi connectivity index (χ3v) is 2.93. The maximum atomic E-state index is 9.20. The molecular weight excluding hydrogens is 238 g/mol. The second kappa shape index (κ2) is 6.92. The van der Waals surface area contributed by atoms with Crippen molar-refractivity contribution in [2.45, 2.75) is 19.7 Å². The van der Waals surface area contributed by atoms with E-state index >= 15 is 0 Å². The van der Waals surface area contributed by atoms with Crippen molar-refractivity contribution in [2.24, 2.45) is 0 Å². The minimum atomic E-state index is 0.303. The number of ether oxygens (including phenoxy) is 1. The standard InChI is InChI=1S/C16H19NO2/c1-19-12-15-4-2-13(3-5-15)10-17-11-14-6-8-16(18)9-7-14/h2-9,17-18H,10-12H2,1H3. The van der Waals surface area contributed by atoms with E-state index < -0.39 is 0 Å². The highest BCUT2D eigenvalue weighted by Gasteiger charge is 1.96. The molecule has 2 rings (SSSR count). The van der Waals surface area contributed by atoms with Crippen LogP contribution in [0.25, 0.3) is 0 Å². The number of hydrogen-bond acceptors (Lipinski definition) is 3. The number of hydrogen-bond donors (Lipinski definition) is 2. The summed E-state index contributed by atoms with van der Waals surface area (Å²) in [6.45, 7) is 2.27. The molecule has 0 spiro atoms. The maximum absolute atomic E-state index is 9.20. The summed E-state index contributed by atoms with van der Waals surface area (Å²) in [4.78, 5) is 0. The van der Waals surface area contributed by atoms with Crippen molar-refractivity contribution in [3.8, 4) is 5.75 Å². The van der Waals surface area contributed by atoms with Crippen molar-refractivity contribution >= 4 is 0 Å². The molecule has 19 heavy (non-hydrogen) atoms. The van der Waals surface area contributed by atoms with Crippen molar-refractivity contribution in [3.05, 3.63) is 65.2 Å². The lowest BCUT2D eigenvalue weighted by atomic mass is 10.1. The van der Waals surface area contributed by atoms with E-state index in [9.17, 15) is 5.11 Å². The molecule has 0 unspecified atom stereocenters. The van der Waals surface area contributed by atoms with E-state index in [1.54, 1.807) is 19.2 Å². The van der Waals surface area contributed by atoms with Crippen LogP contribution in [-0.2, 0) is 24.4 Å². The van der Waals surface area contributed by atoms with Crippen LogP contribution < -0.4 is 5.32 Å². The fourth-order valence-electron chi connectivity index (χ4n) is 1.88. The Hall–Kier alpha value is -1.84. The Balaban J connectivity index is 1.80. The number of phenolic OH excluding ortho intramolecular Hbond substituents is 1. The van der Waals surface area contributed by atoms with Crippen molar-refractivity contribution < 1.29 is 9.84 Å². The molecule has 0 aliphatic rings. The summed E-state index contributed by atoms with van der Waals surface area (Å²) in [7, 11) is 1.70. The van der Waals surface area contributed by atoms with E-state index in [0.29, 0.717) is 12.4 Å². The minimum absolute atomic E-state index is 0.303. The number of methoxy groups -OCH3 is 1. The van der Waals surface area contributed by atoms with Crippen molar-refractivity contribution in [3.63, 3.8) is 0 Å². The Labute approximate surface area is 113 Å². The zero-order valence-electron chi connectivity index (χ0n) is 11.1. The van der Waals surface area contributed by atoms with Gasteiger partial charge < -0.3 is 15.2 Å². The number of phenols is 1. The Morgan fingerprint density at radius 3 is 1.84 bits per heavy atom. The van der Waals surface area contributed by atoms with Crippen LogP contribution in [0.3, 0.4) is 0 Å². The van der Waals surface area contributed by atoms with E-state index in [-0.39, 0.29) is 0 Å². The van der Waals surface area contributed by atoms with Gasteiger partial charge in [0.2, 0.25) is 0 Å². The first-order chi connectivity index (χ1) is 9.28. The van der Waals surface area contributed by atoms with Crippen LogP contribution in [0.1, 0.15) is 16.7 Å². The number of rotatable bonds is 6. The molecule has 2 aromatic rings. The Morgan fingerprint density at radius 2 is 1.32 bits per heavy atom. The van der Waals surface area contributed by atoms with Gasteiger partial charge in [-0.1, -0.05) is 36.4 Å². The lowest BCUT2D eigenvalue weighted by molar-refractivity contribution is 0.185. The zero-order valence-corrected chi connectivity index (χ0v) is 11.1. The summed E-state index contributed by atoms with van der Waals surface area (Å²) in [5.74, 6) is 0.303. The van der Waals surface area contributed by atoms with E-state index in [1.807, 2.05) is 12.1 Å². The molecule has 0 fully saturated rings. The van der Waals surface area contributed by atoms with Gasteiger partial charge in [0.25, 0.3) is 0 Å². The van der Waals surface area contributed by atoms with Gasteiger partial charge in [-0.2, -0.15) is 0 Å². The van der Waals surface area contributed by atoms with Crippen LogP contribution in [0.4, 0.5) is 0 Å². The smallest absolute Gasteiger partial charge is 0.115 e. The topological polar surface area (TPSA) is 41.5 Å². The molecule has 0 atom stereocenters. The van der Waals surface area contributed by atoms with Gasteiger partial charge in [-0.05, 0) is 28.8 Å². The molecule has 0 radical (unpaired) electrons. The summed E-state index contributed by atoms with van der Waals surface area (Å²) in [5.41, 5.74) is 3.59. The van der Waals surface area contributed by atoms with E-state index in [0.717, 1.165) is 18.7 Å². The molecule has 0 saturated carbocycles. The molecule has 0 heterocycles. The number of benzene rings is 2. The lowest BCUT2D eigenvalue weighted by Gasteiger charge is -2.06. The van der Waals surface area contributed by atoms with Crippen LogP contribution in [0.2, 0.25) is 0 Å². The fraction of sp³-hybridized carbons (Fsp3) is 0.250.